The highest BCUT2D eigenvalue weighted by Gasteiger charge is 2.31. The van der Waals surface area contributed by atoms with Gasteiger partial charge in [0.1, 0.15) is 4.21 Å². The van der Waals surface area contributed by atoms with Crippen molar-refractivity contribution >= 4 is 21.4 Å². The lowest BCUT2D eigenvalue weighted by Gasteiger charge is -2.30. The summed E-state index contributed by atoms with van der Waals surface area (Å²) in [6.07, 6.45) is 8.68. The molecule has 24 heavy (non-hydrogen) atoms. The summed E-state index contributed by atoms with van der Waals surface area (Å²) in [5.41, 5.74) is 1.11. The topological polar surface area (TPSA) is 68.1 Å². The zero-order valence-electron chi connectivity index (χ0n) is 13.5. The third-order valence-corrected chi connectivity index (χ3v) is 8.46. The van der Waals surface area contributed by atoms with Crippen molar-refractivity contribution in [3.05, 3.63) is 29.4 Å². The molecule has 1 aliphatic carbocycles. The Kier molecular flexibility index (Phi) is 4.44. The Morgan fingerprint density at radius 3 is 2.54 bits per heavy atom. The van der Waals surface area contributed by atoms with E-state index in [1.54, 1.807) is 21.8 Å². The maximum Gasteiger partial charge on any atom is 0.252 e. The Morgan fingerprint density at radius 1 is 1.12 bits per heavy atom. The largest absolute Gasteiger partial charge is 0.252 e. The normalized spacial score (nSPS) is 21.5. The maximum atomic E-state index is 12.6. The van der Waals surface area contributed by atoms with E-state index >= 15 is 0 Å². The molecule has 2 aromatic rings. The first-order chi connectivity index (χ1) is 11.6. The minimum absolute atomic E-state index is 0.252. The Balaban J connectivity index is 1.41. The first kappa shape index (κ1) is 16.2. The summed E-state index contributed by atoms with van der Waals surface area (Å²) in [4.78, 5) is 0. The summed E-state index contributed by atoms with van der Waals surface area (Å²) in [6.45, 7) is 1.09. The van der Waals surface area contributed by atoms with Crippen LogP contribution in [0.5, 0.6) is 0 Å². The standard InChI is InChI=1S/C16H22N4O2S2/c21-24(22,16-6-3-11-23-16)19-9-7-14(8-10-19)20-12-15(17-18-20)13-4-1-2-5-13/h3,6,11-14H,1-2,4-5,7-10H2. The molecule has 1 saturated carbocycles. The summed E-state index contributed by atoms with van der Waals surface area (Å²) in [5, 5.41) is 10.5. The highest BCUT2D eigenvalue weighted by Crippen LogP contribution is 2.34. The number of hydrogen-bond donors (Lipinski definition) is 0. The van der Waals surface area contributed by atoms with Crippen molar-refractivity contribution in [2.24, 2.45) is 0 Å². The van der Waals surface area contributed by atoms with Gasteiger partial charge in [0.05, 0.1) is 11.7 Å². The molecular weight excluding hydrogens is 344 g/mol. The molecule has 2 aromatic heterocycles. The maximum absolute atomic E-state index is 12.6. The van der Waals surface area contributed by atoms with Gasteiger partial charge in [0.15, 0.2) is 0 Å². The van der Waals surface area contributed by atoms with E-state index in [2.05, 4.69) is 16.5 Å². The van der Waals surface area contributed by atoms with Gasteiger partial charge in [-0.15, -0.1) is 16.4 Å². The summed E-state index contributed by atoms with van der Waals surface area (Å²) < 4.78 is 29.1. The lowest BCUT2D eigenvalue weighted by Crippen LogP contribution is -2.38. The van der Waals surface area contributed by atoms with Gasteiger partial charge >= 0.3 is 0 Å². The minimum atomic E-state index is -3.33. The Hall–Kier alpha value is -1.25. The zero-order valence-corrected chi connectivity index (χ0v) is 15.2. The van der Waals surface area contributed by atoms with Gasteiger partial charge in [-0.05, 0) is 37.1 Å². The van der Waals surface area contributed by atoms with Crippen LogP contribution in [0, 0.1) is 0 Å². The number of rotatable bonds is 4. The average Bonchev–Trinajstić information content (AvgIpc) is 3.36. The van der Waals surface area contributed by atoms with Crippen molar-refractivity contribution in [3.8, 4) is 0 Å². The molecule has 2 aliphatic rings. The minimum Gasteiger partial charge on any atom is -0.249 e. The monoisotopic (exact) mass is 366 g/mol. The Bertz CT molecular complexity index is 771. The van der Waals surface area contributed by atoms with E-state index in [0.717, 1.165) is 18.5 Å². The molecule has 4 rings (SSSR count). The van der Waals surface area contributed by atoms with Gasteiger partial charge < -0.3 is 0 Å². The van der Waals surface area contributed by atoms with Crippen LogP contribution in [-0.2, 0) is 10.0 Å². The molecule has 6 nitrogen and oxygen atoms in total. The van der Waals surface area contributed by atoms with Gasteiger partial charge in [-0.1, -0.05) is 24.1 Å². The first-order valence-corrected chi connectivity index (χ1v) is 10.9. The van der Waals surface area contributed by atoms with E-state index in [1.807, 2.05) is 4.68 Å². The zero-order chi connectivity index (χ0) is 16.6. The van der Waals surface area contributed by atoms with Crippen molar-refractivity contribution in [2.45, 2.75) is 54.7 Å². The average molecular weight is 367 g/mol. The summed E-state index contributed by atoms with van der Waals surface area (Å²) >= 11 is 1.28. The van der Waals surface area contributed by atoms with Gasteiger partial charge in [-0.3, -0.25) is 0 Å². The van der Waals surface area contributed by atoms with Crippen molar-refractivity contribution < 1.29 is 8.42 Å². The van der Waals surface area contributed by atoms with E-state index in [9.17, 15) is 8.42 Å². The fourth-order valence-electron chi connectivity index (χ4n) is 3.76. The summed E-state index contributed by atoms with van der Waals surface area (Å²) in [6, 6.07) is 3.71. The van der Waals surface area contributed by atoms with Crippen LogP contribution in [0.1, 0.15) is 56.2 Å². The van der Waals surface area contributed by atoms with Gasteiger partial charge in [0.25, 0.3) is 10.0 Å². The molecule has 0 N–H and O–H groups in total. The molecule has 1 aliphatic heterocycles. The van der Waals surface area contributed by atoms with Crippen LogP contribution in [0.25, 0.3) is 0 Å². The smallest absolute Gasteiger partial charge is 0.249 e. The van der Waals surface area contributed by atoms with Crippen LogP contribution in [0.2, 0.25) is 0 Å². The summed E-state index contributed by atoms with van der Waals surface area (Å²) in [7, 11) is -3.33. The SMILES string of the molecule is O=S(=O)(c1cccs1)N1CCC(n2cc(C3CCCC3)nn2)CC1. The predicted octanol–water partition coefficient (Wildman–Crippen LogP) is 3.02. The molecule has 0 atom stereocenters. The molecular formula is C16H22N4O2S2. The lowest BCUT2D eigenvalue weighted by molar-refractivity contribution is 0.259. The van der Waals surface area contributed by atoms with Crippen LogP contribution in [0.4, 0.5) is 0 Å². The highest BCUT2D eigenvalue weighted by atomic mass is 32.2. The Labute approximate surface area is 146 Å². The van der Waals surface area contributed by atoms with Crippen LogP contribution >= 0.6 is 11.3 Å². The molecule has 3 heterocycles. The lowest BCUT2D eigenvalue weighted by atomic mass is 10.0. The van der Waals surface area contributed by atoms with E-state index < -0.39 is 10.0 Å². The van der Waals surface area contributed by atoms with E-state index in [0.29, 0.717) is 23.2 Å². The number of hydrogen-bond acceptors (Lipinski definition) is 5. The number of aromatic nitrogens is 3. The first-order valence-electron chi connectivity index (χ1n) is 8.60. The molecule has 0 radical (unpaired) electrons. The number of nitrogens with zero attached hydrogens (tertiary/aromatic N) is 4. The molecule has 2 fully saturated rings. The molecule has 0 unspecified atom stereocenters. The third kappa shape index (κ3) is 3.02. The predicted molar refractivity (Wildman–Crippen MR) is 92.6 cm³/mol. The van der Waals surface area contributed by atoms with E-state index in [4.69, 9.17) is 0 Å². The fraction of sp³-hybridized carbons (Fsp3) is 0.625. The van der Waals surface area contributed by atoms with Crippen molar-refractivity contribution in [2.75, 3.05) is 13.1 Å². The van der Waals surface area contributed by atoms with E-state index in [1.165, 1.54) is 37.0 Å². The van der Waals surface area contributed by atoms with Crippen LogP contribution in [0.15, 0.2) is 27.9 Å². The third-order valence-electron chi connectivity index (χ3n) is 5.19. The molecule has 130 valence electrons. The second-order valence-corrected chi connectivity index (χ2v) is 9.78. The number of sulfonamides is 1. The Morgan fingerprint density at radius 2 is 1.88 bits per heavy atom. The van der Waals surface area contributed by atoms with Crippen LogP contribution in [0.3, 0.4) is 0 Å². The molecule has 1 saturated heterocycles. The molecule has 0 bridgehead atoms. The van der Waals surface area contributed by atoms with Crippen molar-refractivity contribution in [3.63, 3.8) is 0 Å². The number of thiophene rings is 1. The molecule has 0 aromatic carbocycles. The van der Waals surface area contributed by atoms with Gasteiger partial charge in [-0.2, -0.15) is 4.31 Å². The molecule has 0 amide bonds. The fourth-order valence-corrected chi connectivity index (χ4v) is 6.38. The van der Waals surface area contributed by atoms with Crippen molar-refractivity contribution in [1.29, 1.82) is 0 Å². The van der Waals surface area contributed by atoms with Crippen molar-refractivity contribution in [1.82, 2.24) is 19.3 Å². The quantitative estimate of drug-likeness (QED) is 0.834. The van der Waals surface area contributed by atoms with Gasteiger partial charge in [0.2, 0.25) is 0 Å². The second kappa shape index (κ2) is 6.57. The van der Waals surface area contributed by atoms with Crippen LogP contribution < -0.4 is 0 Å². The second-order valence-electron chi connectivity index (χ2n) is 6.67. The van der Waals surface area contributed by atoms with E-state index in [-0.39, 0.29) is 6.04 Å². The molecule has 8 heteroatoms. The summed E-state index contributed by atoms with van der Waals surface area (Å²) in [5.74, 6) is 0.568. The van der Waals surface area contributed by atoms with Gasteiger partial charge in [0, 0.05) is 25.2 Å². The highest BCUT2D eigenvalue weighted by molar-refractivity contribution is 7.91. The van der Waals surface area contributed by atoms with Crippen LogP contribution in [-0.4, -0.2) is 40.8 Å². The molecule has 0 spiro atoms. The number of piperidine rings is 1. The van der Waals surface area contributed by atoms with Gasteiger partial charge in [-0.25, -0.2) is 13.1 Å².